The summed E-state index contributed by atoms with van der Waals surface area (Å²) in [5.41, 5.74) is -0.932. The second kappa shape index (κ2) is 8.19. The Morgan fingerprint density at radius 1 is 0.867 bits per heavy atom. The highest BCUT2D eigenvalue weighted by atomic mass is 32.2. The molecule has 0 atom stereocenters. The Morgan fingerprint density at radius 3 is 2.03 bits per heavy atom. The molecule has 0 radical (unpaired) electrons. The Morgan fingerprint density at radius 2 is 1.43 bits per heavy atom. The molecule has 1 N–H and O–H groups in total. The van der Waals surface area contributed by atoms with E-state index < -0.39 is 27.7 Å². The number of halogens is 3. The predicted molar refractivity (Wildman–Crippen MR) is 108 cm³/mol. The predicted octanol–water partition coefficient (Wildman–Crippen LogP) is 4.78. The number of hydrogen-bond donors (Lipinski definition) is 1. The molecule has 0 saturated carbocycles. The van der Waals surface area contributed by atoms with Crippen LogP contribution in [0.2, 0.25) is 0 Å². The van der Waals surface area contributed by atoms with Gasteiger partial charge in [-0.2, -0.15) is 13.2 Å². The van der Waals surface area contributed by atoms with E-state index in [1.807, 2.05) is 0 Å². The summed E-state index contributed by atoms with van der Waals surface area (Å²) in [6.07, 6.45) is -4.61. The van der Waals surface area contributed by atoms with E-state index in [1.165, 1.54) is 55.6 Å². The van der Waals surface area contributed by atoms with Gasteiger partial charge in [-0.25, -0.2) is 8.42 Å². The molecular formula is C21H17F3N2O3S. The van der Waals surface area contributed by atoms with Gasteiger partial charge in [0, 0.05) is 12.6 Å². The smallest absolute Gasteiger partial charge is 0.321 e. The summed E-state index contributed by atoms with van der Waals surface area (Å²) in [4.78, 5) is 12.5. The van der Waals surface area contributed by atoms with Gasteiger partial charge in [-0.15, -0.1) is 0 Å². The molecular weight excluding hydrogens is 417 g/mol. The molecule has 0 bridgehead atoms. The van der Waals surface area contributed by atoms with Crippen molar-refractivity contribution in [1.82, 2.24) is 0 Å². The fraction of sp³-hybridized carbons (Fsp3) is 0.0952. The third kappa shape index (κ3) is 4.46. The second-order valence-electron chi connectivity index (χ2n) is 6.33. The molecule has 3 rings (SSSR count). The van der Waals surface area contributed by atoms with Crippen molar-refractivity contribution in [1.29, 1.82) is 0 Å². The topological polar surface area (TPSA) is 66.5 Å². The number of anilines is 2. The van der Waals surface area contributed by atoms with E-state index in [9.17, 15) is 26.4 Å². The third-order valence-electron chi connectivity index (χ3n) is 4.38. The highest BCUT2D eigenvalue weighted by Crippen LogP contribution is 2.34. The van der Waals surface area contributed by atoms with Crippen molar-refractivity contribution in [2.45, 2.75) is 11.1 Å². The molecule has 156 valence electrons. The molecule has 0 unspecified atom stereocenters. The first-order chi connectivity index (χ1) is 14.1. The monoisotopic (exact) mass is 434 g/mol. The molecule has 9 heteroatoms. The van der Waals surface area contributed by atoms with Crippen molar-refractivity contribution in [3.63, 3.8) is 0 Å². The van der Waals surface area contributed by atoms with E-state index in [0.717, 1.165) is 16.4 Å². The number of carbonyl (C=O) groups is 1. The van der Waals surface area contributed by atoms with Crippen LogP contribution in [0.5, 0.6) is 0 Å². The van der Waals surface area contributed by atoms with Gasteiger partial charge in [0.05, 0.1) is 21.8 Å². The standard InChI is InChI=1S/C21H17F3N2O3S/c1-26(30(28,29)17-7-3-2-4-8-17)16-13-11-15(12-14-16)20(27)25-19-10-6-5-9-18(19)21(22,23)24/h2-14H,1H3,(H,25,27). The minimum absolute atomic E-state index is 0.0845. The maximum absolute atomic E-state index is 13.1. The zero-order chi connectivity index (χ0) is 21.9. The molecule has 3 aromatic carbocycles. The van der Waals surface area contributed by atoms with Crippen molar-refractivity contribution < 1.29 is 26.4 Å². The van der Waals surface area contributed by atoms with Crippen LogP contribution in [-0.4, -0.2) is 21.4 Å². The van der Waals surface area contributed by atoms with Crippen LogP contribution < -0.4 is 9.62 Å². The summed E-state index contributed by atoms with van der Waals surface area (Å²) in [6, 6.07) is 18.0. The van der Waals surface area contributed by atoms with E-state index in [1.54, 1.807) is 18.2 Å². The van der Waals surface area contributed by atoms with E-state index in [4.69, 9.17) is 0 Å². The number of sulfonamides is 1. The summed E-state index contributed by atoms with van der Waals surface area (Å²) in [6.45, 7) is 0. The molecule has 0 heterocycles. The highest BCUT2D eigenvalue weighted by Gasteiger charge is 2.33. The van der Waals surface area contributed by atoms with E-state index in [-0.39, 0.29) is 16.1 Å². The van der Waals surface area contributed by atoms with Gasteiger partial charge in [0.1, 0.15) is 0 Å². The number of benzene rings is 3. The first kappa shape index (κ1) is 21.4. The Labute approximate surface area is 171 Å². The van der Waals surface area contributed by atoms with Crippen molar-refractivity contribution in [2.24, 2.45) is 0 Å². The van der Waals surface area contributed by atoms with Gasteiger partial charge in [-0.3, -0.25) is 9.10 Å². The molecule has 3 aromatic rings. The lowest BCUT2D eigenvalue weighted by atomic mass is 10.1. The maximum Gasteiger partial charge on any atom is 0.418 e. The number of alkyl halides is 3. The molecule has 0 aromatic heterocycles. The van der Waals surface area contributed by atoms with E-state index in [2.05, 4.69) is 5.32 Å². The van der Waals surface area contributed by atoms with Gasteiger partial charge in [0.15, 0.2) is 0 Å². The van der Waals surface area contributed by atoms with Gasteiger partial charge in [0.25, 0.3) is 15.9 Å². The average molecular weight is 434 g/mol. The van der Waals surface area contributed by atoms with Crippen LogP contribution in [0.4, 0.5) is 24.5 Å². The van der Waals surface area contributed by atoms with Crippen LogP contribution in [0.1, 0.15) is 15.9 Å². The molecule has 0 saturated heterocycles. The number of para-hydroxylation sites is 1. The first-order valence-electron chi connectivity index (χ1n) is 8.72. The minimum atomic E-state index is -4.61. The molecule has 1 amide bonds. The summed E-state index contributed by atoms with van der Waals surface area (Å²) in [7, 11) is -2.42. The summed E-state index contributed by atoms with van der Waals surface area (Å²) in [5, 5.41) is 2.25. The largest absolute Gasteiger partial charge is 0.418 e. The van der Waals surface area contributed by atoms with Gasteiger partial charge in [-0.1, -0.05) is 30.3 Å². The summed E-state index contributed by atoms with van der Waals surface area (Å²) in [5.74, 6) is -0.744. The van der Waals surface area contributed by atoms with Crippen molar-refractivity contribution >= 4 is 27.3 Å². The second-order valence-corrected chi connectivity index (χ2v) is 8.30. The maximum atomic E-state index is 13.1. The van der Waals surface area contributed by atoms with Crippen LogP contribution in [0.25, 0.3) is 0 Å². The fourth-order valence-corrected chi connectivity index (χ4v) is 3.96. The third-order valence-corrected chi connectivity index (χ3v) is 6.18. The van der Waals surface area contributed by atoms with Crippen LogP contribution in [0.3, 0.4) is 0 Å². The van der Waals surface area contributed by atoms with Crippen molar-refractivity contribution in [3.05, 3.63) is 90.0 Å². The Kier molecular flexibility index (Phi) is 5.84. The van der Waals surface area contributed by atoms with Crippen molar-refractivity contribution in [3.8, 4) is 0 Å². The summed E-state index contributed by atoms with van der Waals surface area (Å²) >= 11 is 0. The lowest BCUT2D eigenvalue weighted by Crippen LogP contribution is -2.26. The number of nitrogens with one attached hydrogen (secondary N) is 1. The Hall–Kier alpha value is -3.33. The van der Waals surface area contributed by atoms with Crippen LogP contribution in [-0.2, 0) is 16.2 Å². The average Bonchev–Trinajstić information content (AvgIpc) is 2.73. The normalized spacial score (nSPS) is 11.7. The van der Waals surface area contributed by atoms with Gasteiger partial charge < -0.3 is 5.32 Å². The number of nitrogens with zero attached hydrogens (tertiary/aromatic N) is 1. The number of carbonyl (C=O) groups excluding carboxylic acids is 1. The zero-order valence-electron chi connectivity index (χ0n) is 15.7. The van der Waals surface area contributed by atoms with Crippen LogP contribution >= 0.6 is 0 Å². The molecule has 30 heavy (non-hydrogen) atoms. The number of hydrogen-bond acceptors (Lipinski definition) is 3. The van der Waals surface area contributed by atoms with Crippen LogP contribution in [0.15, 0.2) is 83.8 Å². The van der Waals surface area contributed by atoms with Gasteiger partial charge in [-0.05, 0) is 48.5 Å². The van der Waals surface area contributed by atoms with E-state index in [0.29, 0.717) is 5.69 Å². The molecule has 0 fully saturated rings. The number of rotatable bonds is 5. The zero-order valence-corrected chi connectivity index (χ0v) is 16.5. The Bertz CT molecular complexity index is 1150. The Balaban J connectivity index is 1.80. The first-order valence-corrected chi connectivity index (χ1v) is 10.2. The quantitative estimate of drug-likeness (QED) is 0.628. The summed E-state index contributed by atoms with van der Waals surface area (Å²) < 4.78 is 65.6. The molecule has 5 nitrogen and oxygen atoms in total. The lowest BCUT2D eigenvalue weighted by Gasteiger charge is -2.20. The number of amides is 1. The molecule has 0 aliphatic heterocycles. The van der Waals surface area contributed by atoms with Crippen LogP contribution in [0, 0.1) is 0 Å². The highest BCUT2D eigenvalue weighted by molar-refractivity contribution is 7.92. The van der Waals surface area contributed by atoms with Crippen molar-refractivity contribution in [2.75, 3.05) is 16.7 Å². The SMILES string of the molecule is CN(c1ccc(C(=O)Nc2ccccc2C(F)(F)F)cc1)S(=O)(=O)c1ccccc1. The molecule has 0 spiro atoms. The molecule has 0 aliphatic carbocycles. The van der Waals surface area contributed by atoms with E-state index >= 15 is 0 Å². The van der Waals surface area contributed by atoms with Gasteiger partial charge >= 0.3 is 6.18 Å². The molecule has 0 aliphatic rings. The lowest BCUT2D eigenvalue weighted by molar-refractivity contribution is -0.136. The van der Waals surface area contributed by atoms with Gasteiger partial charge in [0.2, 0.25) is 0 Å². The minimum Gasteiger partial charge on any atom is -0.321 e. The fourth-order valence-electron chi connectivity index (χ4n) is 2.75.